The Kier molecular flexibility index (Phi) is 5.51. The van der Waals surface area contributed by atoms with E-state index in [1.54, 1.807) is 0 Å². The van der Waals surface area contributed by atoms with Gasteiger partial charge in [0.05, 0.1) is 0 Å². The van der Waals surface area contributed by atoms with E-state index in [1.807, 2.05) is 0 Å². The van der Waals surface area contributed by atoms with Crippen molar-refractivity contribution in [2.75, 3.05) is 37.6 Å². The van der Waals surface area contributed by atoms with Crippen molar-refractivity contribution < 1.29 is 0 Å². The summed E-state index contributed by atoms with van der Waals surface area (Å²) in [7, 11) is 0. The van der Waals surface area contributed by atoms with Crippen LogP contribution in [0.25, 0.3) is 0 Å². The van der Waals surface area contributed by atoms with Crippen LogP contribution < -0.4 is 10.2 Å². The average molecular weight is 351 g/mol. The Hall–Kier alpha value is -1.91. The fourth-order valence-electron chi connectivity index (χ4n) is 4.12. The van der Waals surface area contributed by atoms with Crippen LogP contribution in [0.2, 0.25) is 0 Å². The molecule has 2 fully saturated rings. The number of benzene rings is 1. The second-order valence-corrected chi connectivity index (χ2v) is 7.50. The van der Waals surface area contributed by atoms with Gasteiger partial charge in [0.15, 0.2) is 0 Å². The van der Waals surface area contributed by atoms with Gasteiger partial charge in [-0.05, 0) is 42.0 Å². The third-order valence-electron chi connectivity index (χ3n) is 5.75. The van der Waals surface area contributed by atoms with Crippen LogP contribution in [0.15, 0.2) is 42.6 Å². The van der Waals surface area contributed by atoms with Gasteiger partial charge < -0.3 is 10.2 Å². The number of hydrogen-bond acceptors (Lipinski definition) is 4. The molecule has 0 saturated carbocycles. The van der Waals surface area contributed by atoms with Crippen LogP contribution in [-0.2, 0) is 13.0 Å². The number of nitrogens with one attached hydrogen (secondary N) is 1. The molecule has 4 heteroatoms. The Bertz CT molecular complexity index is 689. The predicted octanol–water partition coefficient (Wildman–Crippen LogP) is 3.39. The Morgan fingerprint density at radius 1 is 1.00 bits per heavy atom. The van der Waals surface area contributed by atoms with E-state index >= 15 is 0 Å². The molecule has 1 aromatic heterocycles. The number of pyridine rings is 1. The van der Waals surface area contributed by atoms with Gasteiger partial charge in [0.2, 0.25) is 0 Å². The van der Waals surface area contributed by atoms with E-state index in [9.17, 15) is 0 Å². The molecular formula is C22H30N4. The molecule has 4 nitrogen and oxygen atoms in total. The maximum atomic E-state index is 4.73. The molecule has 4 rings (SSSR count). The van der Waals surface area contributed by atoms with Crippen LogP contribution in [-0.4, -0.2) is 42.6 Å². The predicted molar refractivity (Wildman–Crippen MR) is 108 cm³/mol. The van der Waals surface area contributed by atoms with Crippen molar-refractivity contribution in [2.24, 2.45) is 0 Å². The first kappa shape index (κ1) is 17.5. The minimum absolute atomic E-state index is 0.438. The van der Waals surface area contributed by atoms with Gasteiger partial charge in [0.25, 0.3) is 0 Å². The van der Waals surface area contributed by atoms with Crippen molar-refractivity contribution in [3.05, 3.63) is 59.3 Å². The van der Waals surface area contributed by atoms with Crippen molar-refractivity contribution in [3.8, 4) is 0 Å². The normalized spacial score (nSPS) is 21.3. The van der Waals surface area contributed by atoms with Crippen LogP contribution in [0, 0.1) is 0 Å². The van der Waals surface area contributed by atoms with Gasteiger partial charge in [-0.2, -0.15) is 0 Å². The number of hydrogen-bond donors (Lipinski definition) is 1. The Morgan fingerprint density at radius 3 is 2.46 bits per heavy atom. The molecule has 1 unspecified atom stereocenters. The second kappa shape index (κ2) is 8.19. The first-order valence-corrected chi connectivity index (χ1v) is 10.1. The smallest absolute Gasteiger partial charge is 0.128 e. The van der Waals surface area contributed by atoms with Crippen LogP contribution in [0.5, 0.6) is 0 Å². The van der Waals surface area contributed by atoms with Crippen LogP contribution >= 0.6 is 0 Å². The van der Waals surface area contributed by atoms with Gasteiger partial charge in [0, 0.05) is 51.5 Å². The number of piperazine rings is 1. The van der Waals surface area contributed by atoms with Crippen LogP contribution in [0.3, 0.4) is 0 Å². The van der Waals surface area contributed by atoms with Crippen LogP contribution in [0.1, 0.15) is 42.5 Å². The lowest BCUT2D eigenvalue weighted by atomic mass is 10.0. The minimum Gasteiger partial charge on any atom is -0.357 e. The number of anilines is 1. The topological polar surface area (TPSA) is 31.4 Å². The maximum absolute atomic E-state index is 4.73. The summed E-state index contributed by atoms with van der Waals surface area (Å²) in [5.41, 5.74) is 4.13. The van der Waals surface area contributed by atoms with Gasteiger partial charge in [0.1, 0.15) is 5.82 Å². The zero-order valence-electron chi connectivity index (χ0n) is 15.8. The van der Waals surface area contributed by atoms with E-state index in [0.717, 1.165) is 51.5 Å². The van der Waals surface area contributed by atoms with Crippen molar-refractivity contribution in [2.45, 2.75) is 38.8 Å². The molecule has 0 bridgehead atoms. The standard InChI is InChI=1S/C22H30N4/c1-2-18-5-8-20(9-6-18)21-16-23-11-14-26(21)17-19-7-10-22(24-15-19)25-12-3-4-13-25/h5-10,15,21,23H,2-4,11-14,16-17H2,1H3. The minimum atomic E-state index is 0.438. The first-order chi connectivity index (χ1) is 12.8. The van der Waals surface area contributed by atoms with E-state index in [-0.39, 0.29) is 0 Å². The van der Waals surface area contributed by atoms with Crippen molar-refractivity contribution in [1.29, 1.82) is 0 Å². The highest BCUT2D eigenvalue weighted by Crippen LogP contribution is 2.25. The van der Waals surface area contributed by atoms with Crippen LogP contribution in [0.4, 0.5) is 5.82 Å². The van der Waals surface area contributed by atoms with Crippen molar-refractivity contribution in [3.63, 3.8) is 0 Å². The monoisotopic (exact) mass is 350 g/mol. The Balaban J connectivity index is 1.45. The fourth-order valence-corrected chi connectivity index (χ4v) is 4.12. The number of nitrogens with zero attached hydrogens (tertiary/aromatic N) is 3. The molecule has 1 aromatic carbocycles. The van der Waals surface area contributed by atoms with E-state index in [2.05, 4.69) is 64.6 Å². The molecule has 2 aromatic rings. The SMILES string of the molecule is CCc1ccc(C2CNCCN2Cc2ccc(N3CCCC3)nc2)cc1. The number of aromatic nitrogens is 1. The summed E-state index contributed by atoms with van der Waals surface area (Å²) < 4.78 is 0. The molecule has 0 radical (unpaired) electrons. The van der Waals surface area contributed by atoms with Crippen molar-refractivity contribution >= 4 is 5.82 Å². The largest absolute Gasteiger partial charge is 0.357 e. The van der Waals surface area contributed by atoms with E-state index in [0.29, 0.717) is 6.04 Å². The summed E-state index contributed by atoms with van der Waals surface area (Å²) in [6.45, 7) is 8.64. The summed E-state index contributed by atoms with van der Waals surface area (Å²) in [6.07, 6.45) is 5.76. The van der Waals surface area contributed by atoms with E-state index in [4.69, 9.17) is 4.98 Å². The third kappa shape index (κ3) is 3.92. The van der Waals surface area contributed by atoms with E-state index < -0.39 is 0 Å². The van der Waals surface area contributed by atoms with Gasteiger partial charge in [-0.1, -0.05) is 37.3 Å². The molecule has 26 heavy (non-hydrogen) atoms. The molecule has 2 aliphatic heterocycles. The lowest BCUT2D eigenvalue weighted by molar-refractivity contribution is 0.153. The summed E-state index contributed by atoms with van der Waals surface area (Å²) in [6, 6.07) is 14.1. The third-order valence-corrected chi connectivity index (χ3v) is 5.75. The molecule has 0 aliphatic carbocycles. The zero-order valence-corrected chi connectivity index (χ0v) is 15.8. The van der Waals surface area contributed by atoms with E-state index in [1.165, 1.54) is 29.5 Å². The fraction of sp³-hybridized carbons (Fsp3) is 0.500. The Morgan fingerprint density at radius 2 is 1.77 bits per heavy atom. The summed E-state index contributed by atoms with van der Waals surface area (Å²) >= 11 is 0. The molecule has 3 heterocycles. The highest BCUT2D eigenvalue weighted by molar-refractivity contribution is 5.40. The molecular weight excluding hydrogens is 320 g/mol. The average Bonchev–Trinajstić information content (AvgIpc) is 3.24. The number of aryl methyl sites for hydroxylation is 1. The molecule has 1 N–H and O–H groups in total. The molecule has 1 atom stereocenters. The highest BCUT2D eigenvalue weighted by Gasteiger charge is 2.24. The molecule has 0 amide bonds. The highest BCUT2D eigenvalue weighted by atomic mass is 15.2. The Labute approximate surface area is 157 Å². The molecule has 2 saturated heterocycles. The quantitative estimate of drug-likeness (QED) is 0.896. The van der Waals surface area contributed by atoms with Gasteiger partial charge in [-0.25, -0.2) is 4.98 Å². The van der Waals surface area contributed by atoms with Gasteiger partial charge >= 0.3 is 0 Å². The zero-order chi connectivity index (χ0) is 17.8. The second-order valence-electron chi connectivity index (χ2n) is 7.50. The van der Waals surface area contributed by atoms with Crippen molar-refractivity contribution in [1.82, 2.24) is 15.2 Å². The van der Waals surface area contributed by atoms with Gasteiger partial charge in [-0.15, -0.1) is 0 Å². The number of rotatable bonds is 5. The lowest BCUT2D eigenvalue weighted by Gasteiger charge is -2.36. The maximum Gasteiger partial charge on any atom is 0.128 e. The molecule has 0 spiro atoms. The summed E-state index contributed by atoms with van der Waals surface area (Å²) in [4.78, 5) is 9.71. The summed E-state index contributed by atoms with van der Waals surface area (Å²) in [5.74, 6) is 1.14. The van der Waals surface area contributed by atoms with Gasteiger partial charge in [-0.3, -0.25) is 4.90 Å². The summed E-state index contributed by atoms with van der Waals surface area (Å²) in [5, 5.41) is 3.56. The first-order valence-electron chi connectivity index (χ1n) is 10.1. The molecule has 138 valence electrons. The lowest BCUT2D eigenvalue weighted by Crippen LogP contribution is -2.45. The molecule has 2 aliphatic rings.